The highest BCUT2D eigenvalue weighted by Gasteiger charge is 2.10. The van der Waals surface area contributed by atoms with Crippen LogP contribution in [0.2, 0.25) is 0 Å². The molecule has 0 aliphatic heterocycles. The van der Waals surface area contributed by atoms with E-state index < -0.39 is 5.97 Å². The molecule has 0 saturated heterocycles. The molecule has 0 amide bonds. The molecule has 2 aromatic carbocycles. The van der Waals surface area contributed by atoms with Gasteiger partial charge in [0.25, 0.3) is 0 Å². The summed E-state index contributed by atoms with van der Waals surface area (Å²) in [5.41, 5.74) is 0.825. The summed E-state index contributed by atoms with van der Waals surface area (Å²) in [4.78, 5) is 10.4. The summed E-state index contributed by atoms with van der Waals surface area (Å²) in [5, 5.41) is 18.4. The van der Waals surface area contributed by atoms with Gasteiger partial charge < -0.3 is 9.52 Å². The van der Waals surface area contributed by atoms with Gasteiger partial charge in [0.1, 0.15) is 0 Å². The van der Waals surface area contributed by atoms with Gasteiger partial charge in [0.15, 0.2) is 0 Å². The maximum Gasteiger partial charge on any atom is 0.328 e. The first-order chi connectivity index (χ1) is 9.74. The Bertz CT molecular complexity index is 800. The second-order valence-corrected chi connectivity index (χ2v) is 4.14. The molecular formula is C15H10N2O3. The fourth-order valence-electron chi connectivity index (χ4n) is 1.97. The minimum Gasteiger partial charge on any atom is -0.478 e. The molecule has 98 valence electrons. The second kappa shape index (κ2) is 4.97. The molecule has 1 heterocycles. The number of hydrogen-bond acceptors (Lipinski definition) is 4. The van der Waals surface area contributed by atoms with E-state index in [2.05, 4.69) is 10.2 Å². The Balaban J connectivity index is 2.06. The van der Waals surface area contributed by atoms with Crippen molar-refractivity contribution >= 4 is 22.8 Å². The summed E-state index contributed by atoms with van der Waals surface area (Å²) in [5.74, 6) is -0.530. The monoisotopic (exact) mass is 266 g/mol. The molecule has 0 bridgehead atoms. The van der Waals surface area contributed by atoms with Crippen molar-refractivity contribution in [2.75, 3.05) is 0 Å². The zero-order chi connectivity index (χ0) is 13.9. The molecule has 1 aromatic heterocycles. The zero-order valence-electron chi connectivity index (χ0n) is 10.4. The van der Waals surface area contributed by atoms with Gasteiger partial charge in [-0.05, 0) is 16.8 Å². The maximum atomic E-state index is 10.4. The van der Waals surface area contributed by atoms with Crippen LogP contribution < -0.4 is 0 Å². The summed E-state index contributed by atoms with van der Waals surface area (Å²) in [6.07, 6.45) is 2.23. The SMILES string of the molecule is O=C(O)/C=C/c1nnc(-c2cccc3ccccc23)o1. The average molecular weight is 266 g/mol. The summed E-state index contributed by atoms with van der Waals surface area (Å²) in [6, 6.07) is 13.7. The van der Waals surface area contributed by atoms with E-state index in [1.54, 1.807) is 0 Å². The number of benzene rings is 2. The molecule has 1 N–H and O–H groups in total. The molecule has 0 aliphatic rings. The Morgan fingerprint density at radius 1 is 1.10 bits per heavy atom. The van der Waals surface area contributed by atoms with Gasteiger partial charge in [-0.1, -0.05) is 36.4 Å². The van der Waals surface area contributed by atoms with Crippen molar-refractivity contribution in [2.45, 2.75) is 0 Å². The highest BCUT2D eigenvalue weighted by Crippen LogP contribution is 2.27. The van der Waals surface area contributed by atoms with E-state index in [-0.39, 0.29) is 5.89 Å². The normalized spacial score (nSPS) is 11.2. The van der Waals surface area contributed by atoms with E-state index >= 15 is 0 Å². The number of carboxylic acid groups (broad SMARTS) is 1. The second-order valence-electron chi connectivity index (χ2n) is 4.14. The van der Waals surface area contributed by atoms with Crippen LogP contribution in [0.1, 0.15) is 5.89 Å². The van der Waals surface area contributed by atoms with Crippen LogP contribution in [-0.2, 0) is 4.79 Å². The number of carboxylic acids is 1. The molecule has 5 heteroatoms. The lowest BCUT2D eigenvalue weighted by Gasteiger charge is -2.01. The standard InChI is InChI=1S/C15H10N2O3/c18-14(19)9-8-13-16-17-15(20-13)12-7-3-5-10-4-1-2-6-11(10)12/h1-9H,(H,18,19)/b9-8+. The van der Waals surface area contributed by atoms with Gasteiger partial charge in [-0.15, -0.1) is 10.2 Å². The van der Waals surface area contributed by atoms with Crippen LogP contribution in [0, 0.1) is 0 Å². The van der Waals surface area contributed by atoms with E-state index in [0.717, 1.165) is 22.4 Å². The Kier molecular flexibility index (Phi) is 3.01. The summed E-state index contributed by atoms with van der Waals surface area (Å²) < 4.78 is 5.46. The van der Waals surface area contributed by atoms with Gasteiger partial charge in [0.2, 0.25) is 11.8 Å². The number of aliphatic carboxylic acids is 1. The van der Waals surface area contributed by atoms with Gasteiger partial charge in [0, 0.05) is 17.7 Å². The highest BCUT2D eigenvalue weighted by molar-refractivity contribution is 5.94. The van der Waals surface area contributed by atoms with Crippen LogP contribution in [0.25, 0.3) is 28.3 Å². The molecule has 0 saturated carbocycles. The summed E-state index contributed by atoms with van der Waals surface area (Å²) in [7, 11) is 0. The van der Waals surface area contributed by atoms with E-state index in [9.17, 15) is 4.79 Å². The first kappa shape index (κ1) is 12.1. The number of fused-ring (bicyclic) bond motifs is 1. The minimum atomic E-state index is -1.06. The van der Waals surface area contributed by atoms with Crippen LogP contribution in [0.3, 0.4) is 0 Å². The van der Waals surface area contributed by atoms with Gasteiger partial charge in [-0.2, -0.15) is 0 Å². The smallest absolute Gasteiger partial charge is 0.328 e. The van der Waals surface area contributed by atoms with Crippen LogP contribution >= 0.6 is 0 Å². The molecule has 0 radical (unpaired) electrons. The number of carbonyl (C=O) groups is 1. The van der Waals surface area contributed by atoms with E-state index in [1.165, 1.54) is 6.08 Å². The third-order valence-corrected chi connectivity index (χ3v) is 2.83. The van der Waals surface area contributed by atoms with Crippen molar-refractivity contribution in [3.63, 3.8) is 0 Å². The van der Waals surface area contributed by atoms with Crippen LogP contribution in [0.5, 0.6) is 0 Å². The van der Waals surface area contributed by atoms with Crippen molar-refractivity contribution in [3.05, 3.63) is 54.4 Å². The molecule has 0 spiro atoms. The quantitative estimate of drug-likeness (QED) is 0.737. The molecule has 5 nitrogen and oxygen atoms in total. The molecule has 3 rings (SSSR count). The predicted molar refractivity (Wildman–Crippen MR) is 73.9 cm³/mol. The molecule has 0 aliphatic carbocycles. The molecular weight excluding hydrogens is 256 g/mol. The Morgan fingerprint density at radius 3 is 2.75 bits per heavy atom. The number of hydrogen-bond donors (Lipinski definition) is 1. The van der Waals surface area contributed by atoms with Gasteiger partial charge in [-0.3, -0.25) is 0 Å². The first-order valence-electron chi connectivity index (χ1n) is 5.97. The highest BCUT2D eigenvalue weighted by atomic mass is 16.4. The largest absolute Gasteiger partial charge is 0.478 e. The van der Waals surface area contributed by atoms with Crippen molar-refractivity contribution in [3.8, 4) is 11.5 Å². The van der Waals surface area contributed by atoms with Crippen molar-refractivity contribution in [2.24, 2.45) is 0 Å². The first-order valence-corrected chi connectivity index (χ1v) is 5.97. The van der Waals surface area contributed by atoms with Crippen molar-refractivity contribution in [1.82, 2.24) is 10.2 Å². The average Bonchev–Trinajstić information content (AvgIpc) is 2.93. The van der Waals surface area contributed by atoms with Gasteiger partial charge in [0.05, 0.1) is 0 Å². The fraction of sp³-hybridized carbons (Fsp3) is 0. The molecule has 0 unspecified atom stereocenters. The third-order valence-electron chi connectivity index (χ3n) is 2.83. The lowest BCUT2D eigenvalue weighted by atomic mass is 10.0. The Hall–Kier alpha value is -2.95. The fourth-order valence-corrected chi connectivity index (χ4v) is 1.97. The Labute approximate surface area is 114 Å². The van der Waals surface area contributed by atoms with Crippen LogP contribution in [0.15, 0.2) is 53.0 Å². The van der Waals surface area contributed by atoms with E-state index in [4.69, 9.17) is 9.52 Å². The zero-order valence-corrected chi connectivity index (χ0v) is 10.4. The van der Waals surface area contributed by atoms with Crippen LogP contribution in [0.4, 0.5) is 0 Å². The molecule has 3 aromatic rings. The van der Waals surface area contributed by atoms with Gasteiger partial charge >= 0.3 is 5.97 Å². The molecule has 0 atom stereocenters. The van der Waals surface area contributed by atoms with Gasteiger partial charge in [-0.25, -0.2) is 4.79 Å². The predicted octanol–water partition coefficient (Wildman–Crippen LogP) is 2.99. The maximum absolute atomic E-state index is 10.4. The summed E-state index contributed by atoms with van der Waals surface area (Å²) >= 11 is 0. The van der Waals surface area contributed by atoms with Crippen molar-refractivity contribution in [1.29, 1.82) is 0 Å². The number of nitrogens with zero attached hydrogens (tertiary/aromatic N) is 2. The molecule has 20 heavy (non-hydrogen) atoms. The number of rotatable bonds is 3. The molecule has 0 fully saturated rings. The lowest BCUT2D eigenvalue weighted by Crippen LogP contribution is -1.85. The number of aromatic nitrogens is 2. The third kappa shape index (κ3) is 2.29. The van der Waals surface area contributed by atoms with Crippen LogP contribution in [-0.4, -0.2) is 21.3 Å². The minimum absolute atomic E-state index is 0.162. The lowest BCUT2D eigenvalue weighted by molar-refractivity contribution is -0.131. The summed E-state index contributed by atoms with van der Waals surface area (Å²) in [6.45, 7) is 0. The van der Waals surface area contributed by atoms with E-state index in [0.29, 0.717) is 5.89 Å². The topological polar surface area (TPSA) is 76.2 Å². The van der Waals surface area contributed by atoms with Crippen molar-refractivity contribution < 1.29 is 14.3 Å². The Morgan fingerprint density at radius 2 is 1.90 bits per heavy atom. The van der Waals surface area contributed by atoms with E-state index in [1.807, 2.05) is 42.5 Å².